The van der Waals surface area contributed by atoms with Gasteiger partial charge in [-0.05, 0) is 30.7 Å². The fourth-order valence-corrected chi connectivity index (χ4v) is 2.67. The second-order valence-electron chi connectivity index (χ2n) is 4.92. The summed E-state index contributed by atoms with van der Waals surface area (Å²) in [6.45, 7) is 4.11. The summed E-state index contributed by atoms with van der Waals surface area (Å²) in [4.78, 5) is 14.0. The van der Waals surface area contributed by atoms with Crippen molar-refractivity contribution in [1.29, 1.82) is 0 Å². The van der Waals surface area contributed by atoms with Gasteiger partial charge in [0.15, 0.2) is 0 Å². The van der Waals surface area contributed by atoms with Crippen LogP contribution in [-0.4, -0.2) is 54.9 Å². The number of hydrogen-bond donors (Lipinski definition) is 2. The molecule has 1 heterocycles. The maximum Gasteiger partial charge on any atom is 0.238 e. The van der Waals surface area contributed by atoms with E-state index in [9.17, 15) is 4.79 Å². The van der Waals surface area contributed by atoms with Gasteiger partial charge in [-0.2, -0.15) is 0 Å². The van der Waals surface area contributed by atoms with Crippen LogP contribution in [0.1, 0.15) is 5.56 Å². The molecule has 1 aromatic rings. The minimum Gasteiger partial charge on any atom is -0.394 e. The van der Waals surface area contributed by atoms with Crippen LogP contribution in [0.15, 0.2) is 22.7 Å². The van der Waals surface area contributed by atoms with Gasteiger partial charge in [-0.15, -0.1) is 0 Å². The van der Waals surface area contributed by atoms with Crippen molar-refractivity contribution in [1.82, 2.24) is 4.90 Å². The number of amides is 1. The molecule has 20 heavy (non-hydrogen) atoms. The summed E-state index contributed by atoms with van der Waals surface area (Å²) in [6, 6.07) is 5.75. The molecule has 1 aromatic carbocycles. The lowest BCUT2D eigenvalue weighted by molar-refractivity contribution is -0.120. The number of carbonyl (C=O) groups is 1. The summed E-state index contributed by atoms with van der Waals surface area (Å²) in [6.07, 6.45) is -0.189. The van der Waals surface area contributed by atoms with Gasteiger partial charge in [-0.25, -0.2) is 0 Å². The summed E-state index contributed by atoms with van der Waals surface area (Å²) in [5.41, 5.74) is 1.84. The summed E-state index contributed by atoms with van der Waals surface area (Å²) < 4.78 is 6.35. The van der Waals surface area contributed by atoms with Gasteiger partial charge in [0.25, 0.3) is 0 Å². The summed E-state index contributed by atoms with van der Waals surface area (Å²) in [5.74, 6) is -0.0472. The largest absolute Gasteiger partial charge is 0.394 e. The zero-order valence-corrected chi connectivity index (χ0v) is 13.0. The molecule has 1 aliphatic rings. The molecule has 0 aliphatic carbocycles. The first-order valence-electron chi connectivity index (χ1n) is 6.59. The lowest BCUT2D eigenvalue weighted by Crippen LogP contribution is -2.46. The Kier molecular flexibility index (Phi) is 5.54. The van der Waals surface area contributed by atoms with Crippen molar-refractivity contribution >= 4 is 27.5 Å². The van der Waals surface area contributed by atoms with Crippen molar-refractivity contribution in [2.24, 2.45) is 0 Å². The van der Waals surface area contributed by atoms with Crippen LogP contribution >= 0.6 is 15.9 Å². The fourth-order valence-electron chi connectivity index (χ4n) is 2.19. The molecular formula is C14H19BrN2O3. The number of anilines is 1. The minimum absolute atomic E-state index is 0.00998. The van der Waals surface area contributed by atoms with Gasteiger partial charge in [-0.3, -0.25) is 9.69 Å². The van der Waals surface area contributed by atoms with E-state index in [1.807, 2.05) is 30.0 Å². The topological polar surface area (TPSA) is 61.8 Å². The number of aliphatic hydroxyl groups is 1. The van der Waals surface area contributed by atoms with Crippen LogP contribution in [0.3, 0.4) is 0 Å². The van der Waals surface area contributed by atoms with Gasteiger partial charge in [0, 0.05) is 23.2 Å². The lowest BCUT2D eigenvalue weighted by Gasteiger charge is -2.31. The molecule has 1 fully saturated rings. The van der Waals surface area contributed by atoms with Crippen molar-refractivity contribution in [2.75, 3.05) is 38.2 Å². The maximum atomic E-state index is 12.0. The molecule has 1 unspecified atom stereocenters. The SMILES string of the molecule is Cc1cc(Br)ccc1NC(=O)CN1CCOC(CO)C1. The Labute approximate surface area is 127 Å². The van der Waals surface area contributed by atoms with Gasteiger partial charge in [0.2, 0.25) is 5.91 Å². The van der Waals surface area contributed by atoms with Gasteiger partial charge in [0.1, 0.15) is 0 Å². The molecule has 0 bridgehead atoms. The number of hydrogen-bond acceptors (Lipinski definition) is 4. The van der Waals surface area contributed by atoms with Crippen molar-refractivity contribution in [2.45, 2.75) is 13.0 Å². The maximum absolute atomic E-state index is 12.0. The number of nitrogens with zero attached hydrogens (tertiary/aromatic N) is 1. The molecule has 2 rings (SSSR count). The van der Waals surface area contributed by atoms with Crippen LogP contribution in [-0.2, 0) is 9.53 Å². The summed E-state index contributed by atoms with van der Waals surface area (Å²) in [7, 11) is 0. The van der Waals surface area contributed by atoms with Gasteiger partial charge < -0.3 is 15.2 Å². The van der Waals surface area contributed by atoms with Crippen molar-refractivity contribution in [3.05, 3.63) is 28.2 Å². The molecule has 6 heteroatoms. The highest BCUT2D eigenvalue weighted by atomic mass is 79.9. The van der Waals surface area contributed by atoms with Gasteiger partial charge in [-0.1, -0.05) is 15.9 Å². The number of halogens is 1. The standard InChI is InChI=1S/C14H19BrN2O3/c1-10-6-11(15)2-3-13(10)16-14(19)8-17-4-5-20-12(7-17)9-18/h2-3,6,12,18H,4-5,7-9H2,1H3,(H,16,19). The molecule has 2 N–H and O–H groups in total. The number of morpholine rings is 1. The van der Waals surface area contributed by atoms with E-state index in [0.29, 0.717) is 26.2 Å². The molecule has 110 valence electrons. The Morgan fingerprint density at radius 1 is 1.60 bits per heavy atom. The fraction of sp³-hybridized carbons (Fsp3) is 0.500. The van der Waals surface area contributed by atoms with E-state index in [-0.39, 0.29) is 18.6 Å². The number of nitrogens with one attached hydrogen (secondary N) is 1. The van der Waals surface area contributed by atoms with E-state index < -0.39 is 0 Å². The Bertz CT molecular complexity index is 481. The number of carbonyl (C=O) groups excluding carboxylic acids is 1. The minimum atomic E-state index is -0.189. The summed E-state index contributed by atoms with van der Waals surface area (Å²) >= 11 is 3.40. The highest BCUT2D eigenvalue weighted by Crippen LogP contribution is 2.20. The van der Waals surface area contributed by atoms with Crippen molar-refractivity contribution < 1.29 is 14.6 Å². The third-order valence-electron chi connectivity index (χ3n) is 3.26. The number of aryl methyl sites for hydroxylation is 1. The van der Waals surface area contributed by atoms with Gasteiger partial charge >= 0.3 is 0 Å². The van der Waals surface area contributed by atoms with Crippen LogP contribution < -0.4 is 5.32 Å². The Morgan fingerprint density at radius 2 is 2.40 bits per heavy atom. The molecule has 0 saturated carbocycles. The number of aliphatic hydroxyl groups excluding tert-OH is 1. The van der Waals surface area contributed by atoms with Crippen LogP contribution in [0.2, 0.25) is 0 Å². The van der Waals surface area contributed by atoms with Crippen molar-refractivity contribution in [3.8, 4) is 0 Å². The van der Waals surface area contributed by atoms with Crippen LogP contribution in [0.25, 0.3) is 0 Å². The second kappa shape index (κ2) is 7.17. The molecule has 0 aromatic heterocycles. The quantitative estimate of drug-likeness (QED) is 0.867. The van der Waals surface area contributed by atoms with Crippen LogP contribution in [0, 0.1) is 6.92 Å². The first kappa shape index (κ1) is 15.4. The molecule has 0 spiro atoms. The molecule has 1 aliphatic heterocycles. The van der Waals surface area contributed by atoms with Crippen LogP contribution in [0.4, 0.5) is 5.69 Å². The molecule has 1 saturated heterocycles. The summed E-state index contributed by atoms with van der Waals surface area (Å²) in [5, 5.41) is 12.0. The third-order valence-corrected chi connectivity index (χ3v) is 3.75. The van der Waals surface area contributed by atoms with E-state index in [0.717, 1.165) is 15.7 Å². The third kappa shape index (κ3) is 4.28. The zero-order chi connectivity index (χ0) is 14.5. The monoisotopic (exact) mass is 342 g/mol. The predicted octanol–water partition coefficient (Wildman–Crippen LogP) is 1.39. The predicted molar refractivity (Wildman–Crippen MR) is 80.8 cm³/mol. The average molecular weight is 343 g/mol. The molecule has 1 atom stereocenters. The molecular weight excluding hydrogens is 324 g/mol. The number of rotatable bonds is 4. The smallest absolute Gasteiger partial charge is 0.238 e. The average Bonchev–Trinajstić information content (AvgIpc) is 2.42. The van der Waals surface area contributed by atoms with Crippen molar-refractivity contribution in [3.63, 3.8) is 0 Å². The van der Waals surface area contributed by atoms with Crippen LogP contribution in [0.5, 0.6) is 0 Å². The Hall–Kier alpha value is -0.950. The molecule has 5 nitrogen and oxygen atoms in total. The van der Waals surface area contributed by atoms with E-state index >= 15 is 0 Å². The lowest BCUT2D eigenvalue weighted by atomic mass is 10.2. The number of ether oxygens (including phenoxy) is 1. The van der Waals surface area contributed by atoms with Gasteiger partial charge in [0.05, 0.1) is 25.9 Å². The van der Waals surface area contributed by atoms with E-state index in [1.54, 1.807) is 0 Å². The number of benzene rings is 1. The second-order valence-corrected chi connectivity index (χ2v) is 5.83. The zero-order valence-electron chi connectivity index (χ0n) is 11.4. The first-order chi connectivity index (χ1) is 9.58. The first-order valence-corrected chi connectivity index (χ1v) is 7.38. The van der Waals surface area contributed by atoms with E-state index in [1.165, 1.54) is 0 Å². The Balaban J connectivity index is 1.88. The molecule has 0 radical (unpaired) electrons. The van der Waals surface area contributed by atoms with E-state index in [4.69, 9.17) is 9.84 Å². The molecule has 1 amide bonds. The highest BCUT2D eigenvalue weighted by Gasteiger charge is 2.21. The highest BCUT2D eigenvalue weighted by molar-refractivity contribution is 9.10. The normalized spacial score (nSPS) is 19.9. The Morgan fingerprint density at radius 3 is 3.10 bits per heavy atom. The van der Waals surface area contributed by atoms with E-state index in [2.05, 4.69) is 21.2 Å².